The number of methoxy groups -OCH3 is 1. The molecule has 2 N–H and O–H groups in total. The Balaban J connectivity index is 2.18. The second-order valence-electron chi connectivity index (χ2n) is 3.16. The Labute approximate surface area is 71.9 Å². The number of amides is 1. The first-order valence-electron chi connectivity index (χ1n) is 4.18. The molecule has 1 fully saturated rings. The van der Waals surface area contributed by atoms with Gasteiger partial charge in [-0.3, -0.25) is 4.79 Å². The minimum atomic E-state index is -0.238. The number of nitrogens with one attached hydrogen (secondary N) is 1. The molecule has 4 nitrogen and oxygen atoms in total. The topological polar surface area (TPSA) is 58.6 Å². The Morgan fingerprint density at radius 2 is 2.42 bits per heavy atom. The van der Waals surface area contributed by atoms with Gasteiger partial charge in [0.2, 0.25) is 5.91 Å². The quantitative estimate of drug-likeness (QED) is 0.614. The number of aliphatic hydroxyl groups excluding tert-OH is 1. The lowest BCUT2D eigenvalue weighted by Crippen LogP contribution is -2.35. The van der Waals surface area contributed by atoms with Gasteiger partial charge in [-0.05, 0) is 19.3 Å². The second-order valence-corrected chi connectivity index (χ2v) is 3.16. The molecule has 1 aliphatic rings. The van der Waals surface area contributed by atoms with Crippen molar-refractivity contribution in [2.75, 3.05) is 13.7 Å². The van der Waals surface area contributed by atoms with Gasteiger partial charge in [0.1, 0.15) is 6.61 Å². The van der Waals surface area contributed by atoms with E-state index in [0.29, 0.717) is 6.42 Å². The van der Waals surface area contributed by atoms with Crippen molar-refractivity contribution in [2.24, 2.45) is 0 Å². The molecule has 0 bridgehead atoms. The van der Waals surface area contributed by atoms with E-state index < -0.39 is 0 Å². The lowest BCUT2D eigenvalue weighted by atomic mass is 10.2. The predicted octanol–water partition coefficient (Wildman–Crippen LogP) is -0.338. The molecule has 0 aliphatic heterocycles. The van der Waals surface area contributed by atoms with Crippen LogP contribution in [0.1, 0.15) is 19.3 Å². The first-order valence-corrected chi connectivity index (χ1v) is 4.18. The SMILES string of the molecule is COCC(=O)N[C@H]1CC[C@@H](O)C1. The highest BCUT2D eigenvalue weighted by Crippen LogP contribution is 2.18. The maximum absolute atomic E-state index is 11.0. The van der Waals surface area contributed by atoms with Crippen molar-refractivity contribution >= 4 is 5.91 Å². The average Bonchev–Trinajstić information content (AvgIpc) is 2.36. The summed E-state index contributed by atoms with van der Waals surface area (Å²) in [6, 6.07) is 0.141. The molecule has 1 aliphatic carbocycles. The predicted molar refractivity (Wildman–Crippen MR) is 43.7 cm³/mol. The molecule has 0 heterocycles. The smallest absolute Gasteiger partial charge is 0.246 e. The third kappa shape index (κ3) is 2.79. The highest BCUT2D eigenvalue weighted by molar-refractivity contribution is 5.77. The molecular weight excluding hydrogens is 158 g/mol. The lowest BCUT2D eigenvalue weighted by Gasteiger charge is -2.10. The van der Waals surface area contributed by atoms with Crippen LogP contribution < -0.4 is 5.32 Å². The number of rotatable bonds is 3. The summed E-state index contributed by atoms with van der Waals surface area (Å²) < 4.78 is 4.67. The van der Waals surface area contributed by atoms with Gasteiger partial charge >= 0.3 is 0 Å². The van der Waals surface area contributed by atoms with Crippen LogP contribution in [0.15, 0.2) is 0 Å². The first-order chi connectivity index (χ1) is 5.72. The van der Waals surface area contributed by atoms with E-state index in [9.17, 15) is 4.79 Å². The van der Waals surface area contributed by atoms with Crippen LogP contribution in [-0.2, 0) is 9.53 Å². The van der Waals surface area contributed by atoms with E-state index in [1.165, 1.54) is 7.11 Å². The van der Waals surface area contributed by atoms with E-state index in [1.54, 1.807) is 0 Å². The fourth-order valence-electron chi connectivity index (χ4n) is 1.49. The molecule has 1 amide bonds. The van der Waals surface area contributed by atoms with Crippen LogP contribution in [0.4, 0.5) is 0 Å². The summed E-state index contributed by atoms with van der Waals surface area (Å²) in [4.78, 5) is 11.0. The van der Waals surface area contributed by atoms with Gasteiger partial charge in [0, 0.05) is 13.2 Å². The maximum Gasteiger partial charge on any atom is 0.246 e. The van der Waals surface area contributed by atoms with Crippen LogP contribution in [0.3, 0.4) is 0 Å². The van der Waals surface area contributed by atoms with Crippen LogP contribution in [0.5, 0.6) is 0 Å². The number of hydrogen-bond acceptors (Lipinski definition) is 3. The molecule has 4 heteroatoms. The minimum absolute atomic E-state index is 0.100. The van der Waals surface area contributed by atoms with Crippen molar-refractivity contribution in [3.63, 3.8) is 0 Å². The Kier molecular flexibility index (Phi) is 3.49. The fraction of sp³-hybridized carbons (Fsp3) is 0.875. The average molecular weight is 173 g/mol. The number of ether oxygens (including phenoxy) is 1. The summed E-state index contributed by atoms with van der Waals surface area (Å²) in [5, 5.41) is 11.9. The summed E-state index contributed by atoms with van der Waals surface area (Å²) in [6.45, 7) is 0.104. The van der Waals surface area contributed by atoms with Gasteiger partial charge in [0.15, 0.2) is 0 Å². The fourth-order valence-corrected chi connectivity index (χ4v) is 1.49. The van der Waals surface area contributed by atoms with Gasteiger partial charge in [-0.1, -0.05) is 0 Å². The molecule has 0 saturated heterocycles. The molecule has 0 aromatic carbocycles. The largest absolute Gasteiger partial charge is 0.393 e. The zero-order chi connectivity index (χ0) is 8.97. The van der Waals surface area contributed by atoms with E-state index in [1.807, 2.05) is 0 Å². The van der Waals surface area contributed by atoms with Gasteiger partial charge < -0.3 is 15.2 Å². The Bertz CT molecular complexity index is 160. The van der Waals surface area contributed by atoms with Gasteiger partial charge in [-0.25, -0.2) is 0 Å². The second kappa shape index (κ2) is 4.42. The number of aliphatic hydroxyl groups is 1. The van der Waals surface area contributed by atoms with Crippen molar-refractivity contribution in [1.29, 1.82) is 0 Å². The highest BCUT2D eigenvalue weighted by atomic mass is 16.5. The Morgan fingerprint density at radius 1 is 1.67 bits per heavy atom. The van der Waals surface area contributed by atoms with E-state index in [2.05, 4.69) is 10.1 Å². The van der Waals surface area contributed by atoms with Gasteiger partial charge in [-0.15, -0.1) is 0 Å². The number of carbonyl (C=O) groups is 1. The molecule has 0 aromatic rings. The summed E-state index contributed by atoms with van der Waals surface area (Å²) in [7, 11) is 1.49. The van der Waals surface area contributed by atoms with Crippen molar-refractivity contribution in [3.05, 3.63) is 0 Å². The summed E-state index contributed by atoms with van der Waals surface area (Å²) in [6.07, 6.45) is 2.10. The third-order valence-corrected chi connectivity index (χ3v) is 2.05. The molecule has 0 aromatic heterocycles. The molecular formula is C8H15NO3. The molecule has 0 spiro atoms. The first kappa shape index (κ1) is 9.48. The molecule has 1 saturated carbocycles. The zero-order valence-corrected chi connectivity index (χ0v) is 7.25. The number of carbonyl (C=O) groups excluding carboxylic acids is 1. The molecule has 12 heavy (non-hydrogen) atoms. The molecule has 0 unspecified atom stereocenters. The molecule has 0 radical (unpaired) electrons. The Hall–Kier alpha value is -0.610. The van der Waals surface area contributed by atoms with Crippen LogP contribution in [-0.4, -0.2) is 36.9 Å². The van der Waals surface area contributed by atoms with E-state index in [4.69, 9.17) is 5.11 Å². The lowest BCUT2D eigenvalue weighted by molar-refractivity contribution is -0.125. The van der Waals surface area contributed by atoms with Crippen LogP contribution >= 0.6 is 0 Å². The van der Waals surface area contributed by atoms with Crippen LogP contribution in [0.25, 0.3) is 0 Å². The van der Waals surface area contributed by atoms with E-state index in [0.717, 1.165) is 12.8 Å². The van der Waals surface area contributed by atoms with Crippen LogP contribution in [0.2, 0.25) is 0 Å². The summed E-state index contributed by atoms with van der Waals surface area (Å²) in [5.41, 5.74) is 0. The zero-order valence-electron chi connectivity index (χ0n) is 7.25. The molecule has 1 rings (SSSR count). The molecule has 2 atom stereocenters. The molecule has 70 valence electrons. The van der Waals surface area contributed by atoms with Crippen molar-refractivity contribution in [2.45, 2.75) is 31.4 Å². The summed E-state index contributed by atoms with van der Waals surface area (Å²) in [5.74, 6) is -0.100. The standard InChI is InChI=1S/C8H15NO3/c1-12-5-8(11)9-6-2-3-7(10)4-6/h6-7,10H,2-5H2,1H3,(H,9,11)/t6-,7+/m0/s1. The minimum Gasteiger partial charge on any atom is -0.393 e. The van der Waals surface area contributed by atoms with Crippen molar-refractivity contribution in [1.82, 2.24) is 5.32 Å². The van der Waals surface area contributed by atoms with Crippen molar-refractivity contribution in [3.8, 4) is 0 Å². The Morgan fingerprint density at radius 3 is 2.92 bits per heavy atom. The van der Waals surface area contributed by atoms with E-state index >= 15 is 0 Å². The highest BCUT2D eigenvalue weighted by Gasteiger charge is 2.23. The van der Waals surface area contributed by atoms with E-state index in [-0.39, 0.29) is 24.7 Å². The summed E-state index contributed by atoms with van der Waals surface area (Å²) >= 11 is 0. The number of hydrogen-bond donors (Lipinski definition) is 2. The maximum atomic E-state index is 11.0. The van der Waals surface area contributed by atoms with Gasteiger partial charge in [0.05, 0.1) is 6.10 Å². The van der Waals surface area contributed by atoms with Crippen molar-refractivity contribution < 1.29 is 14.6 Å². The monoisotopic (exact) mass is 173 g/mol. The third-order valence-electron chi connectivity index (χ3n) is 2.05. The van der Waals surface area contributed by atoms with Crippen LogP contribution in [0, 0.1) is 0 Å². The van der Waals surface area contributed by atoms with Gasteiger partial charge in [0.25, 0.3) is 0 Å². The van der Waals surface area contributed by atoms with Gasteiger partial charge in [-0.2, -0.15) is 0 Å². The normalized spacial score (nSPS) is 28.8.